The van der Waals surface area contributed by atoms with E-state index in [2.05, 4.69) is 25.7 Å². The maximum Gasteiger partial charge on any atom is 0.387 e. The molecule has 10 heteroatoms. The van der Waals surface area contributed by atoms with Gasteiger partial charge in [0, 0.05) is 36.6 Å². The van der Waals surface area contributed by atoms with Gasteiger partial charge in [0.25, 0.3) is 0 Å². The molecule has 0 heterocycles. The number of halogens is 4. The summed E-state index contributed by atoms with van der Waals surface area (Å²) < 4.78 is 29.7. The number of rotatable bonds is 10. The van der Waals surface area contributed by atoms with Gasteiger partial charge in [-0.25, -0.2) is 4.99 Å². The third kappa shape index (κ3) is 9.10. The first-order chi connectivity index (χ1) is 12.9. The molecule has 0 radical (unpaired) electrons. The van der Waals surface area contributed by atoms with Crippen LogP contribution in [0.3, 0.4) is 0 Å². The maximum atomic E-state index is 12.6. The van der Waals surface area contributed by atoms with Crippen LogP contribution in [0, 0.1) is 0 Å². The third-order valence-corrected chi connectivity index (χ3v) is 3.76. The molecule has 0 saturated heterocycles. The van der Waals surface area contributed by atoms with E-state index in [1.54, 1.807) is 0 Å². The van der Waals surface area contributed by atoms with E-state index in [9.17, 15) is 13.6 Å². The molecule has 0 saturated carbocycles. The number of benzene rings is 1. The Bertz CT molecular complexity index is 646. The Hall–Kier alpha value is -1.80. The second-order valence-electron chi connectivity index (χ2n) is 5.48. The highest BCUT2D eigenvalue weighted by atomic mass is 35.5. The molecule has 0 atom stereocenters. The predicted molar refractivity (Wildman–Crippen MR) is 104 cm³/mol. The molecule has 0 unspecified atom stereocenters. The Morgan fingerprint density at radius 2 is 1.93 bits per heavy atom. The molecule has 1 rings (SSSR count). The van der Waals surface area contributed by atoms with Crippen LogP contribution in [0.15, 0.2) is 17.1 Å². The summed E-state index contributed by atoms with van der Waals surface area (Å²) in [4.78, 5) is 15.9. The third-order valence-electron chi connectivity index (χ3n) is 3.26. The number of alkyl halides is 2. The van der Waals surface area contributed by atoms with E-state index < -0.39 is 6.61 Å². The topological polar surface area (TPSA) is 74.8 Å². The molecule has 1 amide bonds. The predicted octanol–water partition coefficient (Wildman–Crippen LogP) is 3.57. The van der Waals surface area contributed by atoms with Crippen molar-refractivity contribution in [3.63, 3.8) is 0 Å². The minimum absolute atomic E-state index is 0.0136. The fraction of sp³-hybridized carbons (Fsp3) is 0.529. The molecule has 0 aliphatic rings. The molecule has 152 valence electrons. The Labute approximate surface area is 167 Å². The van der Waals surface area contributed by atoms with Gasteiger partial charge in [-0.2, -0.15) is 8.78 Å². The van der Waals surface area contributed by atoms with E-state index >= 15 is 0 Å². The molecular formula is C17H24Cl2F2N4O2. The molecule has 0 aliphatic carbocycles. The first kappa shape index (κ1) is 23.2. The maximum absolute atomic E-state index is 12.6. The van der Waals surface area contributed by atoms with Gasteiger partial charge in [-0.15, -0.1) is 0 Å². The SMILES string of the molecule is CCCNC(=O)CCNC(=NCc1cc(Cl)cc(Cl)c1OC(F)F)NCC. The molecule has 0 aromatic heterocycles. The van der Waals surface area contributed by atoms with Crippen molar-refractivity contribution in [3.8, 4) is 5.75 Å². The number of hydrogen-bond donors (Lipinski definition) is 3. The summed E-state index contributed by atoms with van der Waals surface area (Å²) in [6, 6.07) is 2.79. The molecule has 0 fully saturated rings. The second kappa shape index (κ2) is 12.6. The van der Waals surface area contributed by atoms with Crippen molar-refractivity contribution >= 4 is 35.1 Å². The van der Waals surface area contributed by atoms with Gasteiger partial charge in [0.15, 0.2) is 5.96 Å². The zero-order valence-corrected chi connectivity index (χ0v) is 16.8. The van der Waals surface area contributed by atoms with Gasteiger partial charge >= 0.3 is 6.61 Å². The molecule has 1 aromatic carbocycles. The van der Waals surface area contributed by atoms with Crippen molar-refractivity contribution in [2.75, 3.05) is 19.6 Å². The Morgan fingerprint density at radius 3 is 2.56 bits per heavy atom. The summed E-state index contributed by atoms with van der Waals surface area (Å²) in [6.07, 6.45) is 1.15. The molecule has 0 aliphatic heterocycles. The number of amides is 1. The van der Waals surface area contributed by atoms with Crippen LogP contribution in [0.1, 0.15) is 32.3 Å². The highest BCUT2D eigenvalue weighted by Gasteiger charge is 2.15. The molecule has 0 spiro atoms. The van der Waals surface area contributed by atoms with Crippen LogP contribution >= 0.6 is 23.2 Å². The van der Waals surface area contributed by atoms with Crippen LogP contribution in [-0.2, 0) is 11.3 Å². The Balaban J connectivity index is 2.78. The summed E-state index contributed by atoms with van der Waals surface area (Å²) >= 11 is 11.9. The van der Waals surface area contributed by atoms with Gasteiger partial charge in [0.1, 0.15) is 5.75 Å². The van der Waals surface area contributed by atoms with Crippen molar-refractivity contribution < 1.29 is 18.3 Å². The zero-order chi connectivity index (χ0) is 20.2. The van der Waals surface area contributed by atoms with E-state index in [4.69, 9.17) is 23.2 Å². The second-order valence-corrected chi connectivity index (χ2v) is 6.32. The number of hydrogen-bond acceptors (Lipinski definition) is 3. The van der Waals surface area contributed by atoms with E-state index in [0.29, 0.717) is 31.2 Å². The van der Waals surface area contributed by atoms with Crippen LogP contribution in [0.4, 0.5) is 8.78 Å². The summed E-state index contributed by atoms with van der Waals surface area (Å²) in [5, 5.41) is 9.07. The standard InChI is InChI=1S/C17H24Cl2F2N4O2/c1-3-6-23-14(26)5-7-24-17(22-4-2)25-10-11-8-12(18)9-13(19)15(11)27-16(20)21/h8-9,16H,3-7,10H2,1-2H3,(H,23,26)(H2,22,24,25). The largest absolute Gasteiger partial charge is 0.433 e. The lowest BCUT2D eigenvalue weighted by Gasteiger charge is -2.14. The lowest BCUT2D eigenvalue weighted by atomic mass is 10.2. The Kier molecular flexibility index (Phi) is 10.8. The quantitative estimate of drug-likeness (QED) is 0.396. The van der Waals surface area contributed by atoms with Crippen molar-refractivity contribution in [1.82, 2.24) is 16.0 Å². The number of nitrogens with one attached hydrogen (secondary N) is 3. The van der Waals surface area contributed by atoms with Crippen molar-refractivity contribution in [2.45, 2.75) is 39.8 Å². The highest BCUT2D eigenvalue weighted by molar-refractivity contribution is 6.35. The minimum atomic E-state index is -3.01. The van der Waals surface area contributed by atoms with Gasteiger partial charge in [-0.05, 0) is 25.5 Å². The summed E-state index contributed by atoms with van der Waals surface area (Å²) in [5.41, 5.74) is 0.325. The van der Waals surface area contributed by atoms with Crippen molar-refractivity contribution in [3.05, 3.63) is 27.7 Å². The van der Waals surface area contributed by atoms with Crippen molar-refractivity contribution in [2.24, 2.45) is 4.99 Å². The molecule has 3 N–H and O–H groups in total. The summed E-state index contributed by atoms with van der Waals surface area (Å²) in [7, 11) is 0. The molecule has 27 heavy (non-hydrogen) atoms. The number of nitrogens with zero attached hydrogens (tertiary/aromatic N) is 1. The number of carbonyl (C=O) groups is 1. The number of aliphatic imine (C=N–C) groups is 1. The lowest BCUT2D eigenvalue weighted by Crippen LogP contribution is -2.39. The molecule has 0 bridgehead atoms. The van der Waals surface area contributed by atoms with Crippen LogP contribution in [0.25, 0.3) is 0 Å². The molecule has 6 nitrogen and oxygen atoms in total. The summed E-state index contributed by atoms with van der Waals surface area (Å²) in [6.45, 7) is 2.45. The normalized spacial score (nSPS) is 11.4. The average molecular weight is 425 g/mol. The lowest BCUT2D eigenvalue weighted by molar-refractivity contribution is -0.120. The van der Waals surface area contributed by atoms with Crippen LogP contribution in [0.5, 0.6) is 5.75 Å². The number of ether oxygens (including phenoxy) is 1. The number of carbonyl (C=O) groups excluding carboxylic acids is 1. The van der Waals surface area contributed by atoms with E-state index in [-0.39, 0.29) is 34.7 Å². The van der Waals surface area contributed by atoms with Gasteiger partial charge in [0.2, 0.25) is 5.91 Å². The van der Waals surface area contributed by atoms with Gasteiger partial charge in [-0.1, -0.05) is 30.1 Å². The highest BCUT2D eigenvalue weighted by Crippen LogP contribution is 2.34. The van der Waals surface area contributed by atoms with Crippen LogP contribution in [0.2, 0.25) is 10.0 Å². The smallest absolute Gasteiger partial charge is 0.387 e. The molecular weight excluding hydrogens is 401 g/mol. The van der Waals surface area contributed by atoms with E-state index in [1.807, 2.05) is 13.8 Å². The van der Waals surface area contributed by atoms with Gasteiger partial charge in [-0.3, -0.25) is 4.79 Å². The summed E-state index contributed by atoms with van der Waals surface area (Å²) in [5.74, 6) is 0.212. The van der Waals surface area contributed by atoms with E-state index in [0.717, 1.165) is 6.42 Å². The first-order valence-electron chi connectivity index (χ1n) is 8.58. The monoisotopic (exact) mass is 424 g/mol. The fourth-order valence-corrected chi connectivity index (χ4v) is 2.69. The Morgan fingerprint density at radius 1 is 1.19 bits per heavy atom. The van der Waals surface area contributed by atoms with Crippen LogP contribution in [-0.4, -0.2) is 38.1 Å². The fourth-order valence-electron chi connectivity index (χ4n) is 2.11. The van der Waals surface area contributed by atoms with Gasteiger partial charge < -0.3 is 20.7 Å². The van der Waals surface area contributed by atoms with Gasteiger partial charge in [0.05, 0.1) is 11.6 Å². The van der Waals surface area contributed by atoms with Crippen molar-refractivity contribution in [1.29, 1.82) is 0 Å². The number of guanidine groups is 1. The zero-order valence-electron chi connectivity index (χ0n) is 15.3. The van der Waals surface area contributed by atoms with Crippen LogP contribution < -0.4 is 20.7 Å². The first-order valence-corrected chi connectivity index (χ1v) is 9.34. The average Bonchev–Trinajstić information content (AvgIpc) is 2.60. The van der Waals surface area contributed by atoms with E-state index in [1.165, 1.54) is 12.1 Å². The molecule has 1 aromatic rings. The minimum Gasteiger partial charge on any atom is -0.433 e.